The predicted molar refractivity (Wildman–Crippen MR) is 106 cm³/mol. The molecule has 2 aromatic carbocycles. The second-order valence-corrected chi connectivity index (χ2v) is 8.21. The van der Waals surface area contributed by atoms with E-state index in [1.807, 2.05) is 54.6 Å². The molecule has 2 aliphatic heterocycles. The van der Waals surface area contributed by atoms with Gasteiger partial charge in [0.25, 0.3) is 0 Å². The quantitative estimate of drug-likeness (QED) is 0.806. The number of amides is 2. The number of fused-ring (bicyclic) bond motifs is 1. The van der Waals surface area contributed by atoms with E-state index in [1.165, 1.54) is 4.90 Å². The Morgan fingerprint density at radius 2 is 1.59 bits per heavy atom. The van der Waals surface area contributed by atoms with Crippen LogP contribution in [-0.2, 0) is 9.59 Å². The molecule has 2 aliphatic rings. The largest absolute Gasteiger partial charge is 0.306 e. The molecule has 0 spiro atoms. The molecule has 5 heteroatoms. The molecular weight excluding hydrogens is 360 g/mol. The molecule has 0 unspecified atom stereocenters. The van der Waals surface area contributed by atoms with Gasteiger partial charge in [0, 0.05) is 17.1 Å². The average molecular weight is 383 g/mol. The van der Waals surface area contributed by atoms with Gasteiger partial charge in [0.15, 0.2) is 0 Å². The zero-order chi connectivity index (χ0) is 19.1. The van der Waals surface area contributed by atoms with Gasteiger partial charge in [0.1, 0.15) is 0 Å². The van der Waals surface area contributed by atoms with Crippen molar-refractivity contribution in [1.82, 2.24) is 5.32 Å². The first-order chi connectivity index (χ1) is 13.0. The van der Waals surface area contributed by atoms with Crippen LogP contribution in [0.1, 0.15) is 31.9 Å². The Hall–Kier alpha value is -2.17. The van der Waals surface area contributed by atoms with E-state index in [0.717, 1.165) is 12.0 Å². The van der Waals surface area contributed by atoms with Gasteiger partial charge in [0.05, 0.1) is 17.5 Å². The molecule has 140 valence electrons. The van der Waals surface area contributed by atoms with Crippen LogP contribution in [-0.4, -0.2) is 17.9 Å². The lowest BCUT2D eigenvalue weighted by Gasteiger charge is -2.24. The highest BCUT2D eigenvalue weighted by Crippen LogP contribution is 2.47. The van der Waals surface area contributed by atoms with E-state index in [1.54, 1.807) is 0 Å². The van der Waals surface area contributed by atoms with Crippen molar-refractivity contribution in [2.75, 3.05) is 4.90 Å². The Morgan fingerprint density at radius 1 is 0.963 bits per heavy atom. The number of carbonyl (C=O) groups excluding carboxylic acids is 2. The van der Waals surface area contributed by atoms with E-state index >= 15 is 0 Å². The number of rotatable bonds is 4. The fourth-order valence-corrected chi connectivity index (χ4v) is 4.74. The summed E-state index contributed by atoms with van der Waals surface area (Å²) in [6.07, 6.45) is 0.837. The molecule has 2 amide bonds. The molecule has 2 heterocycles. The Morgan fingerprint density at radius 3 is 2.26 bits per heavy atom. The molecule has 2 aromatic rings. The van der Waals surface area contributed by atoms with Gasteiger partial charge in [-0.2, -0.15) is 0 Å². The minimum absolute atomic E-state index is 0.0403. The second-order valence-electron chi connectivity index (χ2n) is 7.80. The van der Waals surface area contributed by atoms with Crippen molar-refractivity contribution in [1.29, 1.82) is 0 Å². The minimum atomic E-state index is -0.429. The van der Waals surface area contributed by atoms with Gasteiger partial charge in [-0.15, -0.1) is 0 Å². The fraction of sp³-hybridized carbons (Fsp3) is 0.364. The molecule has 2 fully saturated rings. The summed E-state index contributed by atoms with van der Waals surface area (Å²) in [6, 6.07) is 16.5. The van der Waals surface area contributed by atoms with Gasteiger partial charge >= 0.3 is 0 Å². The van der Waals surface area contributed by atoms with Crippen molar-refractivity contribution < 1.29 is 9.59 Å². The van der Waals surface area contributed by atoms with Crippen LogP contribution in [0, 0.1) is 17.8 Å². The summed E-state index contributed by atoms with van der Waals surface area (Å²) >= 11 is 6.44. The van der Waals surface area contributed by atoms with E-state index in [-0.39, 0.29) is 29.8 Å². The summed E-state index contributed by atoms with van der Waals surface area (Å²) in [7, 11) is 0. The molecule has 4 nitrogen and oxygen atoms in total. The summed E-state index contributed by atoms with van der Waals surface area (Å²) in [5.41, 5.74) is 1.53. The Kier molecular flexibility index (Phi) is 4.79. The highest BCUT2D eigenvalue weighted by atomic mass is 35.5. The Bertz CT molecular complexity index is 868. The highest BCUT2D eigenvalue weighted by Gasteiger charge is 2.59. The molecule has 0 saturated carbocycles. The van der Waals surface area contributed by atoms with Crippen LogP contribution in [0.15, 0.2) is 54.6 Å². The Balaban J connectivity index is 1.76. The number of halogens is 1. The van der Waals surface area contributed by atoms with Gasteiger partial charge in [-0.3, -0.25) is 9.59 Å². The zero-order valence-electron chi connectivity index (χ0n) is 15.4. The molecule has 27 heavy (non-hydrogen) atoms. The smallest absolute Gasteiger partial charge is 0.239 e. The molecule has 0 bridgehead atoms. The summed E-state index contributed by atoms with van der Waals surface area (Å²) in [5.74, 6) is -0.617. The third-order valence-corrected chi connectivity index (χ3v) is 5.91. The van der Waals surface area contributed by atoms with Crippen LogP contribution in [0.5, 0.6) is 0 Å². The van der Waals surface area contributed by atoms with Crippen LogP contribution < -0.4 is 10.2 Å². The number of anilines is 1. The number of para-hydroxylation sites is 1. The lowest BCUT2D eigenvalue weighted by molar-refractivity contribution is -0.123. The number of imide groups is 1. The van der Waals surface area contributed by atoms with Gasteiger partial charge in [-0.05, 0) is 36.1 Å². The summed E-state index contributed by atoms with van der Waals surface area (Å²) in [5, 5.41) is 4.18. The topological polar surface area (TPSA) is 49.4 Å². The van der Waals surface area contributed by atoms with Crippen molar-refractivity contribution in [2.45, 2.75) is 32.4 Å². The maximum Gasteiger partial charge on any atom is 0.239 e. The first-order valence-electron chi connectivity index (χ1n) is 9.42. The molecule has 4 rings (SSSR count). The molecular formula is C22H23ClN2O2. The van der Waals surface area contributed by atoms with Crippen molar-refractivity contribution in [2.24, 2.45) is 17.8 Å². The predicted octanol–water partition coefficient (Wildman–Crippen LogP) is 4.20. The second kappa shape index (κ2) is 7.10. The first kappa shape index (κ1) is 18.2. The lowest BCUT2D eigenvalue weighted by atomic mass is 9.84. The zero-order valence-corrected chi connectivity index (χ0v) is 16.2. The van der Waals surface area contributed by atoms with Crippen molar-refractivity contribution in [3.8, 4) is 0 Å². The Labute approximate surface area is 164 Å². The number of nitrogens with one attached hydrogen (secondary N) is 1. The standard InChI is InChI=1S/C22H23ClN2O2/c1-13(2)12-17-18-19(20(24-17)15-10-6-7-11-16(15)23)22(27)25(21(18)26)14-8-4-3-5-9-14/h3-11,13,17-20,24H,12H2,1-2H3/t17-,18-,19+,20+/m1/s1. The van der Waals surface area contributed by atoms with Gasteiger partial charge in [0.2, 0.25) is 11.8 Å². The fourth-order valence-electron chi connectivity index (χ4n) is 4.49. The van der Waals surface area contributed by atoms with Crippen molar-refractivity contribution in [3.05, 3.63) is 65.2 Å². The number of benzene rings is 2. The first-order valence-corrected chi connectivity index (χ1v) is 9.80. The van der Waals surface area contributed by atoms with Crippen LogP contribution >= 0.6 is 11.6 Å². The van der Waals surface area contributed by atoms with Gasteiger partial charge in [-0.1, -0.05) is 61.8 Å². The summed E-state index contributed by atoms with van der Waals surface area (Å²) in [4.78, 5) is 28.0. The van der Waals surface area contributed by atoms with Crippen LogP contribution in [0.4, 0.5) is 5.69 Å². The molecule has 0 radical (unpaired) electrons. The summed E-state index contributed by atoms with van der Waals surface area (Å²) < 4.78 is 0. The maximum absolute atomic E-state index is 13.3. The minimum Gasteiger partial charge on any atom is -0.306 e. The molecule has 4 atom stereocenters. The van der Waals surface area contributed by atoms with E-state index < -0.39 is 5.92 Å². The van der Waals surface area contributed by atoms with E-state index in [4.69, 9.17) is 11.6 Å². The normalized spacial score (nSPS) is 27.5. The van der Waals surface area contributed by atoms with Crippen molar-refractivity contribution in [3.63, 3.8) is 0 Å². The number of hydrogen-bond donors (Lipinski definition) is 1. The summed E-state index contributed by atoms with van der Waals surface area (Å²) in [6.45, 7) is 4.27. The van der Waals surface area contributed by atoms with E-state index in [0.29, 0.717) is 16.6 Å². The molecule has 2 saturated heterocycles. The third kappa shape index (κ3) is 3.07. The SMILES string of the molecule is CC(C)C[C@H]1N[C@@H](c2ccccc2Cl)[C@H]2C(=O)N(c3ccccc3)C(=O)[C@@H]21. The van der Waals surface area contributed by atoms with Gasteiger partial charge in [-0.25, -0.2) is 4.90 Å². The number of carbonyl (C=O) groups is 2. The number of nitrogens with zero attached hydrogens (tertiary/aromatic N) is 1. The van der Waals surface area contributed by atoms with Crippen LogP contribution in [0.25, 0.3) is 0 Å². The molecule has 0 aliphatic carbocycles. The van der Waals surface area contributed by atoms with E-state index in [2.05, 4.69) is 19.2 Å². The highest BCUT2D eigenvalue weighted by molar-refractivity contribution is 6.31. The average Bonchev–Trinajstić information content (AvgIpc) is 3.13. The number of hydrogen-bond acceptors (Lipinski definition) is 3. The maximum atomic E-state index is 13.3. The van der Waals surface area contributed by atoms with Crippen molar-refractivity contribution >= 4 is 29.1 Å². The molecule has 1 N–H and O–H groups in total. The van der Waals surface area contributed by atoms with Crippen LogP contribution in [0.3, 0.4) is 0 Å². The van der Waals surface area contributed by atoms with Crippen LogP contribution in [0.2, 0.25) is 5.02 Å². The third-order valence-electron chi connectivity index (χ3n) is 5.56. The molecule has 0 aromatic heterocycles. The van der Waals surface area contributed by atoms with Gasteiger partial charge < -0.3 is 5.32 Å². The van der Waals surface area contributed by atoms with E-state index in [9.17, 15) is 9.59 Å². The monoisotopic (exact) mass is 382 g/mol. The lowest BCUT2D eigenvalue weighted by Crippen LogP contribution is -2.40.